The van der Waals surface area contributed by atoms with Gasteiger partial charge in [-0.2, -0.15) is 0 Å². The number of nitrogens with zero attached hydrogens (tertiary/aromatic N) is 3. The molecule has 0 fully saturated rings. The Morgan fingerprint density at radius 3 is 2.75 bits per heavy atom. The van der Waals surface area contributed by atoms with E-state index in [0.29, 0.717) is 28.2 Å². The molecule has 0 saturated heterocycles. The number of halogens is 2. The van der Waals surface area contributed by atoms with E-state index in [1.165, 1.54) is 23.9 Å². The minimum Gasteiger partial charge on any atom is -0.325 e. The number of benzene rings is 2. The summed E-state index contributed by atoms with van der Waals surface area (Å²) in [4.78, 5) is 12.3. The van der Waals surface area contributed by atoms with Gasteiger partial charge in [-0.05, 0) is 48.9 Å². The number of aryl methyl sites for hydroxylation is 1. The van der Waals surface area contributed by atoms with Crippen molar-refractivity contribution in [3.63, 3.8) is 0 Å². The van der Waals surface area contributed by atoms with Gasteiger partial charge in [-0.3, -0.25) is 9.36 Å². The highest BCUT2D eigenvalue weighted by atomic mass is 35.5. The van der Waals surface area contributed by atoms with E-state index in [0.717, 1.165) is 11.1 Å². The van der Waals surface area contributed by atoms with Crippen LogP contribution in [0, 0.1) is 12.7 Å². The third-order valence-corrected chi connectivity index (χ3v) is 5.16. The van der Waals surface area contributed by atoms with E-state index in [-0.39, 0.29) is 11.7 Å². The molecule has 0 saturated carbocycles. The number of hydrogen-bond acceptors (Lipinski definition) is 4. The van der Waals surface area contributed by atoms with Crippen molar-refractivity contribution in [3.05, 3.63) is 71.5 Å². The summed E-state index contributed by atoms with van der Waals surface area (Å²) in [5.41, 5.74) is 2.12. The number of allylic oxidation sites excluding steroid dienone is 1. The third kappa shape index (κ3) is 4.79. The Labute approximate surface area is 171 Å². The molecule has 1 aromatic heterocycles. The lowest BCUT2D eigenvalue weighted by Gasteiger charge is -2.09. The average Bonchev–Trinajstić information content (AvgIpc) is 3.07. The molecule has 1 amide bonds. The van der Waals surface area contributed by atoms with Crippen LogP contribution in [0.5, 0.6) is 0 Å². The lowest BCUT2D eigenvalue weighted by molar-refractivity contribution is -0.113. The van der Waals surface area contributed by atoms with Crippen molar-refractivity contribution in [1.29, 1.82) is 0 Å². The summed E-state index contributed by atoms with van der Waals surface area (Å²) in [5, 5.41) is 12.4. The standard InChI is InChI=1S/C20H18ClFN4OS/c1-3-10-26-19(14-5-7-15(21)8-6-14)24-25-20(26)28-12-18(27)23-17-11-16(22)9-4-13(17)2/h3-9,11H,1,10,12H2,2H3,(H,23,27). The molecule has 2 aromatic carbocycles. The maximum Gasteiger partial charge on any atom is 0.234 e. The highest BCUT2D eigenvalue weighted by molar-refractivity contribution is 7.99. The second-order valence-electron chi connectivity index (χ2n) is 6.01. The smallest absolute Gasteiger partial charge is 0.234 e. The Morgan fingerprint density at radius 1 is 1.29 bits per heavy atom. The molecule has 0 bridgehead atoms. The summed E-state index contributed by atoms with van der Waals surface area (Å²) in [7, 11) is 0. The molecule has 1 heterocycles. The molecule has 28 heavy (non-hydrogen) atoms. The number of anilines is 1. The highest BCUT2D eigenvalue weighted by Crippen LogP contribution is 2.25. The number of hydrogen-bond donors (Lipinski definition) is 1. The maximum atomic E-state index is 13.4. The normalized spacial score (nSPS) is 10.7. The Balaban J connectivity index is 1.73. The van der Waals surface area contributed by atoms with E-state index >= 15 is 0 Å². The van der Waals surface area contributed by atoms with Crippen molar-refractivity contribution in [2.24, 2.45) is 0 Å². The molecule has 8 heteroatoms. The summed E-state index contributed by atoms with van der Waals surface area (Å²) in [6.07, 6.45) is 1.74. The fourth-order valence-corrected chi connectivity index (χ4v) is 3.42. The number of rotatable bonds is 7. The molecule has 0 aliphatic heterocycles. The van der Waals surface area contributed by atoms with Gasteiger partial charge in [-0.1, -0.05) is 35.5 Å². The van der Waals surface area contributed by atoms with E-state index in [1.54, 1.807) is 31.2 Å². The number of nitrogens with one attached hydrogen (secondary N) is 1. The van der Waals surface area contributed by atoms with Crippen LogP contribution in [0.25, 0.3) is 11.4 Å². The van der Waals surface area contributed by atoms with E-state index in [4.69, 9.17) is 11.6 Å². The van der Waals surface area contributed by atoms with Gasteiger partial charge in [0.15, 0.2) is 11.0 Å². The molecule has 0 unspecified atom stereocenters. The van der Waals surface area contributed by atoms with E-state index in [2.05, 4.69) is 22.1 Å². The first-order valence-electron chi connectivity index (χ1n) is 8.46. The van der Waals surface area contributed by atoms with Gasteiger partial charge in [-0.25, -0.2) is 4.39 Å². The van der Waals surface area contributed by atoms with E-state index in [1.807, 2.05) is 16.7 Å². The lowest BCUT2D eigenvalue weighted by Crippen LogP contribution is -2.15. The quantitative estimate of drug-likeness (QED) is 0.436. The summed E-state index contributed by atoms with van der Waals surface area (Å²) in [6, 6.07) is 11.6. The molecule has 0 spiro atoms. The van der Waals surface area contributed by atoms with Crippen molar-refractivity contribution in [2.75, 3.05) is 11.1 Å². The van der Waals surface area contributed by atoms with Crippen molar-refractivity contribution in [3.8, 4) is 11.4 Å². The van der Waals surface area contributed by atoms with Gasteiger partial charge in [0.1, 0.15) is 5.82 Å². The third-order valence-electron chi connectivity index (χ3n) is 3.94. The van der Waals surface area contributed by atoms with Gasteiger partial charge in [0.05, 0.1) is 5.75 Å². The van der Waals surface area contributed by atoms with Crippen LogP contribution in [0.1, 0.15) is 5.56 Å². The monoisotopic (exact) mass is 416 g/mol. The molecule has 1 N–H and O–H groups in total. The van der Waals surface area contributed by atoms with Gasteiger partial charge < -0.3 is 5.32 Å². The molecule has 144 valence electrons. The number of thioether (sulfide) groups is 1. The average molecular weight is 417 g/mol. The molecule has 3 aromatic rings. The maximum absolute atomic E-state index is 13.4. The Hall–Kier alpha value is -2.64. The molecule has 5 nitrogen and oxygen atoms in total. The fraction of sp³-hybridized carbons (Fsp3) is 0.150. The van der Waals surface area contributed by atoms with Crippen LogP contribution < -0.4 is 5.32 Å². The molecule has 0 aliphatic rings. The zero-order valence-electron chi connectivity index (χ0n) is 15.2. The predicted molar refractivity (Wildman–Crippen MR) is 111 cm³/mol. The van der Waals surface area contributed by atoms with E-state index in [9.17, 15) is 9.18 Å². The Bertz CT molecular complexity index is 1000. The van der Waals surface area contributed by atoms with Gasteiger partial charge in [0.2, 0.25) is 5.91 Å². The van der Waals surface area contributed by atoms with Crippen LogP contribution >= 0.6 is 23.4 Å². The highest BCUT2D eigenvalue weighted by Gasteiger charge is 2.15. The largest absolute Gasteiger partial charge is 0.325 e. The van der Waals surface area contributed by atoms with Crippen LogP contribution in [0.2, 0.25) is 5.02 Å². The molecule has 0 aliphatic carbocycles. The van der Waals surface area contributed by atoms with Gasteiger partial charge in [-0.15, -0.1) is 16.8 Å². The first-order chi connectivity index (χ1) is 13.5. The second-order valence-corrected chi connectivity index (χ2v) is 7.39. The van der Waals surface area contributed by atoms with Crippen LogP contribution in [0.4, 0.5) is 10.1 Å². The number of amides is 1. The number of carbonyl (C=O) groups excluding carboxylic acids is 1. The first-order valence-corrected chi connectivity index (χ1v) is 9.83. The topological polar surface area (TPSA) is 59.8 Å². The number of aromatic nitrogens is 3. The molecule has 0 radical (unpaired) electrons. The van der Waals surface area contributed by atoms with Crippen molar-refractivity contribution in [2.45, 2.75) is 18.6 Å². The lowest BCUT2D eigenvalue weighted by atomic mass is 10.2. The first kappa shape index (κ1) is 20.1. The SMILES string of the molecule is C=CCn1c(SCC(=O)Nc2cc(F)ccc2C)nnc1-c1ccc(Cl)cc1. The van der Waals surface area contributed by atoms with Crippen LogP contribution in [0.15, 0.2) is 60.3 Å². The summed E-state index contributed by atoms with van der Waals surface area (Å²) >= 11 is 7.20. The Kier molecular flexibility index (Phi) is 6.49. The Morgan fingerprint density at radius 2 is 2.04 bits per heavy atom. The summed E-state index contributed by atoms with van der Waals surface area (Å²) < 4.78 is 15.3. The van der Waals surface area contributed by atoms with Crippen molar-refractivity contribution < 1.29 is 9.18 Å². The van der Waals surface area contributed by atoms with Crippen molar-refractivity contribution >= 4 is 35.0 Å². The number of carbonyl (C=O) groups is 1. The van der Waals surface area contributed by atoms with Crippen LogP contribution in [-0.2, 0) is 11.3 Å². The minimum absolute atomic E-state index is 0.117. The second kappa shape index (κ2) is 9.03. The molecular formula is C20H18ClFN4OS. The zero-order chi connectivity index (χ0) is 20.1. The van der Waals surface area contributed by atoms with Gasteiger partial charge in [0.25, 0.3) is 0 Å². The minimum atomic E-state index is -0.396. The molecule has 3 rings (SSSR count). The molecule has 0 atom stereocenters. The van der Waals surface area contributed by atoms with Crippen LogP contribution in [0.3, 0.4) is 0 Å². The van der Waals surface area contributed by atoms with Crippen LogP contribution in [-0.4, -0.2) is 26.4 Å². The van der Waals surface area contributed by atoms with E-state index < -0.39 is 5.82 Å². The van der Waals surface area contributed by atoms with Crippen molar-refractivity contribution in [1.82, 2.24) is 14.8 Å². The predicted octanol–water partition coefficient (Wildman–Crippen LogP) is 4.96. The van der Waals surface area contributed by atoms with Gasteiger partial charge in [0, 0.05) is 22.8 Å². The van der Waals surface area contributed by atoms with Gasteiger partial charge >= 0.3 is 0 Å². The fourth-order valence-electron chi connectivity index (χ4n) is 2.55. The summed E-state index contributed by atoms with van der Waals surface area (Å²) in [6.45, 7) is 6.08. The summed E-state index contributed by atoms with van der Waals surface area (Å²) in [5.74, 6) is 0.137. The zero-order valence-corrected chi connectivity index (χ0v) is 16.7. The molecular weight excluding hydrogens is 399 g/mol.